The Morgan fingerprint density at radius 3 is 2.45 bits per heavy atom. The van der Waals surface area contributed by atoms with Gasteiger partial charge in [-0.2, -0.15) is 0 Å². The Balaban J connectivity index is 2.54. The molecule has 0 heterocycles. The Bertz CT molecular complexity index is 393. The minimum absolute atomic E-state index is 0.0585. The molecule has 0 atom stereocenters. The molecular formula is C12H18F2N2O4. The van der Waals surface area contributed by atoms with Crippen LogP contribution in [-0.4, -0.2) is 55.9 Å². The molecule has 6 nitrogen and oxygen atoms in total. The zero-order chi connectivity index (χ0) is 15.4. The van der Waals surface area contributed by atoms with E-state index in [1.165, 1.54) is 0 Å². The van der Waals surface area contributed by atoms with Crippen molar-refractivity contribution in [2.24, 2.45) is 5.41 Å². The Morgan fingerprint density at radius 2 is 2.00 bits per heavy atom. The molecule has 0 radical (unpaired) electrons. The largest absolute Gasteiger partial charge is 0.453 e. The van der Waals surface area contributed by atoms with Crippen LogP contribution in [0.2, 0.25) is 0 Å². The second-order valence-corrected chi connectivity index (χ2v) is 5.31. The lowest BCUT2D eigenvalue weighted by Gasteiger charge is -2.47. The highest BCUT2D eigenvalue weighted by atomic mass is 19.3. The number of hydrogen-bond acceptors (Lipinski definition) is 4. The van der Waals surface area contributed by atoms with E-state index in [0.29, 0.717) is 6.29 Å². The second kappa shape index (κ2) is 6.15. The van der Waals surface area contributed by atoms with Gasteiger partial charge in [0, 0.05) is 19.4 Å². The first kappa shape index (κ1) is 16.3. The third-order valence-electron chi connectivity index (χ3n) is 3.16. The van der Waals surface area contributed by atoms with E-state index in [1.807, 2.05) is 0 Å². The third kappa shape index (κ3) is 4.43. The lowest BCUT2D eigenvalue weighted by atomic mass is 9.67. The van der Waals surface area contributed by atoms with Crippen LogP contribution in [0.1, 0.15) is 19.8 Å². The van der Waals surface area contributed by atoms with Gasteiger partial charge in [0.05, 0.1) is 13.7 Å². The van der Waals surface area contributed by atoms with E-state index in [1.54, 1.807) is 6.92 Å². The topological polar surface area (TPSA) is 75.7 Å². The molecule has 0 aliphatic heterocycles. The molecule has 1 fully saturated rings. The third-order valence-corrected chi connectivity index (χ3v) is 3.16. The SMILES string of the molecule is COC(=O)NCC(=O)N(CC=O)CC1(C)CC(F)(F)C1. The molecular weight excluding hydrogens is 274 g/mol. The molecule has 0 aromatic heterocycles. The lowest BCUT2D eigenvalue weighted by Crippen LogP contribution is -2.53. The Morgan fingerprint density at radius 1 is 1.40 bits per heavy atom. The van der Waals surface area contributed by atoms with E-state index < -0.39 is 23.3 Å². The minimum Gasteiger partial charge on any atom is -0.453 e. The van der Waals surface area contributed by atoms with Gasteiger partial charge in [0.1, 0.15) is 12.8 Å². The maximum absolute atomic E-state index is 12.9. The zero-order valence-corrected chi connectivity index (χ0v) is 11.4. The van der Waals surface area contributed by atoms with Crippen LogP contribution in [0, 0.1) is 5.41 Å². The molecule has 1 N–H and O–H groups in total. The molecule has 2 amide bonds. The number of aldehydes is 1. The molecule has 8 heteroatoms. The number of alkyl halides is 2. The van der Waals surface area contributed by atoms with Crippen LogP contribution in [0.4, 0.5) is 13.6 Å². The molecule has 0 aromatic carbocycles. The average molecular weight is 292 g/mol. The summed E-state index contributed by atoms with van der Waals surface area (Å²) in [5, 5.41) is 2.19. The van der Waals surface area contributed by atoms with Gasteiger partial charge in [-0.25, -0.2) is 13.6 Å². The molecule has 114 valence electrons. The summed E-state index contributed by atoms with van der Waals surface area (Å²) in [7, 11) is 1.15. The predicted octanol–water partition coefficient (Wildman–Crippen LogP) is 0.805. The number of rotatable bonds is 6. The van der Waals surface area contributed by atoms with Crippen molar-refractivity contribution in [2.45, 2.75) is 25.7 Å². The predicted molar refractivity (Wildman–Crippen MR) is 65.3 cm³/mol. The average Bonchev–Trinajstić information content (AvgIpc) is 2.32. The van der Waals surface area contributed by atoms with Crippen molar-refractivity contribution in [2.75, 3.05) is 26.7 Å². The fraction of sp³-hybridized carbons (Fsp3) is 0.750. The first-order chi connectivity index (χ1) is 9.21. The molecule has 20 heavy (non-hydrogen) atoms. The summed E-state index contributed by atoms with van der Waals surface area (Å²) in [5.74, 6) is -3.21. The van der Waals surface area contributed by atoms with Crippen molar-refractivity contribution in [3.8, 4) is 0 Å². The normalized spacial score (nSPS) is 18.6. The molecule has 0 spiro atoms. The van der Waals surface area contributed by atoms with Gasteiger partial charge in [-0.15, -0.1) is 0 Å². The quantitative estimate of drug-likeness (QED) is 0.735. The Kier molecular flexibility index (Phi) is 5.02. The smallest absolute Gasteiger partial charge is 0.407 e. The highest BCUT2D eigenvalue weighted by Crippen LogP contribution is 2.51. The standard InChI is InChI=1S/C12H18F2N2O4/c1-11(6-12(13,14)7-11)8-16(3-4-17)9(18)5-15-10(19)20-2/h4H,3,5-8H2,1-2H3,(H,15,19). The van der Waals surface area contributed by atoms with Crippen LogP contribution in [0.3, 0.4) is 0 Å². The summed E-state index contributed by atoms with van der Waals surface area (Å²) in [6, 6.07) is 0. The van der Waals surface area contributed by atoms with Crippen LogP contribution >= 0.6 is 0 Å². The van der Waals surface area contributed by atoms with E-state index in [0.717, 1.165) is 12.0 Å². The first-order valence-corrected chi connectivity index (χ1v) is 6.12. The number of hydrogen-bond donors (Lipinski definition) is 1. The van der Waals surface area contributed by atoms with E-state index in [-0.39, 0.29) is 32.5 Å². The fourth-order valence-electron chi connectivity index (χ4n) is 2.45. The van der Waals surface area contributed by atoms with E-state index in [9.17, 15) is 23.2 Å². The van der Waals surface area contributed by atoms with Gasteiger partial charge in [0.15, 0.2) is 0 Å². The number of halogens is 2. The number of nitrogens with one attached hydrogen (secondary N) is 1. The second-order valence-electron chi connectivity index (χ2n) is 5.31. The molecule has 0 saturated heterocycles. The molecule has 1 rings (SSSR count). The summed E-state index contributed by atoms with van der Waals surface area (Å²) < 4.78 is 30.2. The molecule has 0 unspecified atom stereocenters. The van der Waals surface area contributed by atoms with Gasteiger partial charge >= 0.3 is 6.09 Å². The number of carbonyl (C=O) groups is 3. The van der Waals surface area contributed by atoms with E-state index >= 15 is 0 Å². The number of nitrogens with zero attached hydrogens (tertiary/aromatic N) is 1. The van der Waals surface area contributed by atoms with Gasteiger partial charge in [0.25, 0.3) is 0 Å². The van der Waals surface area contributed by atoms with Crippen LogP contribution in [-0.2, 0) is 14.3 Å². The zero-order valence-electron chi connectivity index (χ0n) is 11.4. The van der Waals surface area contributed by atoms with Gasteiger partial charge < -0.3 is 19.7 Å². The molecule has 0 bridgehead atoms. The molecule has 1 aliphatic carbocycles. The highest BCUT2D eigenvalue weighted by molar-refractivity contribution is 5.83. The lowest BCUT2D eigenvalue weighted by molar-refractivity contribution is -0.166. The van der Waals surface area contributed by atoms with Crippen molar-refractivity contribution in [3.05, 3.63) is 0 Å². The summed E-state index contributed by atoms with van der Waals surface area (Å²) in [6.45, 7) is 1.17. The van der Waals surface area contributed by atoms with Crippen molar-refractivity contribution >= 4 is 18.3 Å². The van der Waals surface area contributed by atoms with Gasteiger partial charge in [0.2, 0.25) is 11.8 Å². The maximum atomic E-state index is 12.9. The molecule has 1 aliphatic rings. The monoisotopic (exact) mass is 292 g/mol. The van der Waals surface area contributed by atoms with E-state index in [4.69, 9.17) is 0 Å². The fourth-order valence-corrected chi connectivity index (χ4v) is 2.45. The number of amides is 2. The van der Waals surface area contributed by atoms with Crippen molar-refractivity contribution in [3.63, 3.8) is 0 Å². The summed E-state index contributed by atoms with van der Waals surface area (Å²) >= 11 is 0. The number of ether oxygens (including phenoxy) is 1. The molecule has 0 aromatic rings. The number of methoxy groups -OCH3 is 1. The maximum Gasteiger partial charge on any atom is 0.407 e. The number of carbonyl (C=O) groups excluding carboxylic acids is 3. The summed E-state index contributed by atoms with van der Waals surface area (Å²) in [5.41, 5.74) is -0.701. The molecule has 1 saturated carbocycles. The van der Waals surface area contributed by atoms with Crippen molar-refractivity contribution in [1.29, 1.82) is 0 Å². The van der Waals surface area contributed by atoms with Gasteiger partial charge in [-0.1, -0.05) is 6.92 Å². The van der Waals surface area contributed by atoms with Crippen LogP contribution in [0.25, 0.3) is 0 Å². The van der Waals surface area contributed by atoms with Crippen LogP contribution in [0.5, 0.6) is 0 Å². The van der Waals surface area contributed by atoms with Crippen LogP contribution in [0.15, 0.2) is 0 Å². The number of alkyl carbamates (subject to hydrolysis) is 1. The highest BCUT2D eigenvalue weighted by Gasteiger charge is 2.54. The van der Waals surface area contributed by atoms with Gasteiger partial charge in [-0.3, -0.25) is 4.79 Å². The van der Waals surface area contributed by atoms with Gasteiger partial charge in [-0.05, 0) is 5.41 Å². The van der Waals surface area contributed by atoms with E-state index in [2.05, 4.69) is 10.1 Å². The minimum atomic E-state index is -2.70. The van der Waals surface area contributed by atoms with Crippen molar-refractivity contribution in [1.82, 2.24) is 10.2 Å². The Hall–Kier alpha value is -1.73. The van der Waals surface area contributed by atoms with Crippen molar-refractivity contribution < 1.29 is 27.9 Å². The summed E-state index contributed by atoms with van der Waals surface area (Å²) in [6.07, 6.45) is -0.873. The summed E-state index contributed by atoms with van der Waals surface area (Å²) in [4.78, 5) is 34.4. The van der Waals surface area contributed by atoms with Crippen LogP contribution < -0.4 is 5.32 Å². The Labute approximate surface area is 115 Å². The first-order valence-electron chi connectivity index (χ1n) is 6.12.